The summed E-state index contributed by atoms with van der Waals surface area (Å²) in [6, 6.07) is 9.28. The second-order valence-corrected chi connectivity index (χ2v) is 11.1. The van der Waals surface area contributed by atoms with Crippen molar-refractivity contribution in [3.05, 3.63) is 52.6 Å². The van der Waals surface area contributed by atoms with Gasteiger partial charge in [-0.1, -0.05) is 65.3 Å². The molecule has 0 aliphatic rings. The number of hydrogen-bond acceptors (Lipinski definition) is 4. The van der Waals surface area contributed by atoms with Gasteiger partial charge in [-0.2, -0.15) is 0 Å². The highest BCUT2D eigenvalue weighted by molar-refractivity contribution is 7.80. The largest absolute Gasteiger partial charge is 0.584 e. The van der Waals surface area contributed by atoms with Gasteiger partial charge in [0, 0.05) is 16.0 Å². The molecule has 1 atom stereocenters. The van der Waals surface area contributed by atoms with Crippen LogP contribution in [-0.2, 0) is 15.4 Å². The highest BCUT2D eigenvalue weighted by Crippen LogP contribution is 2.50. The third-order valence-electron chi connectivity index (χ3n) is 4.39. The second-order valence-electron chi connectivity index (χ2n) is 9.31. The van der Waals surface area contributed by atoms with E-state index < -0.39 is 7.82 Å². The Labute approximate surface area is 174 Å². The Kier molecular flexibility index (Phi) is 6.35. The smallest absolute Gasteiger partial charge is 0.395 e. The van der Waals surface area contributed by atoms with Crippen LogP contribution in [0.4, 0.5) is 0 Å². The molecule has 0 saturated carbocycles. The first-order valence-electron chi connectivity index (χ1n) is 9.27. The fraction of sp³-hybridized carbons (Fsp3) is 0.455. The van der Waals surface area contributed by atoms with Crippen LogP contribution >= 0.6 is 20.5 Å². The Hall–Kier alpha value is -1.42. The predicted molar refractivity (Wildman–Crippen MR) is 118 cm³/mol. The molecule has 0 radical (unpaired) electrons. The lowest BCUT2D eigenvalue weighted by atomic mass is 9.85. The van der Waals surface area contributed by atoms with E-state index in [0.29, 0.717) is 10.6 Å². The average Bonchev–Trinajstić information content (AvgIpc) is 2.49. The minimum atomic E-state index is -4.44. The molecular weight excluding hydrogens is 391 g/mol. The number of thiol groups is 1. The molecule has 2 aromatic carbocycles. The van der Waals surface area contributed by atoms with Gasteiger partial charge in [-0.25, -0.2) is 4.57 Å². The van der Waals surface area contributed by atoms with Crippen molar-refractivity contribution in [3.8, 4) is 11.5 Å². The van der Waals surface area contributed by atoms with Crippen molar-refractivity contribution in [1.29, 1.82) is 0 Å². The number of aryl methyl sites for hydroxylation is 2. The molecule has 4 nitrogen and oxygen atoms in total. The summed E-state index contributed by atoms with van der Waals surface area (Å²) >= 11 is 4.47. The quantitative estimate of drug-likeness (QED) is 0.423. The summed E-state index contributed by atoms with van der Waals surface area (Å²) in [6.07, 6.45) is 0. The predicted octanol–water partition coefficient (Wildman–Crippen LogP) is 6.75. The standard InChI is InChI=1S/C22H31O4PS/c1-14-9-10-18(16(11-14)21(3,4)5)25-27(23,24)26-20-17(22(6,7)8)12-15(2)13-19(20)28/h9-13,28H,1-8H3,(H,23,24). The van der Waals surface area contributed by atoms with Crippen molar-refractivity contribution in [2.24, 2.45) is 0 Å². The van der Waals surface area contributed by atoms with Crippen LogP contribution in [0.1, 0.15) is 63.8 Å². The van der Waals surface area contributed by atoms with Gasteiger partial charge in [0.2, 0.25) is 0 Å². The molecular formula is C22H31O4PS. The van der Waals surface area contributed by atoms with Crippen molar-refractivity contribution >= 4 is 20.5 Å². The van der Waals surface area contributed by atoms with Gasteiger partial charge in [-0.15, -0.1) is 12.6 Å². The Morgan fingerprint density at radius 3 is 1.93 bits per heavy atom. The molecule has 2 aromatic rings. The number of phosphoric ester groups is 1. The number of phosphoric acid groups is 1. The maximum absolute atomic E-state index is 12.9. The van der Waals surface area contributed by atoms with Crippen molar-refractivity contribution in [2.45, 2.75) is 71.1 Å². The Bertz CT molecular complexity index is 923. The summed E-state index contributed by atoms with van der Waals surface area (Å²) in [4.78, 5) is 11.0. The molecule has 2 rings (SSSR count). The molecule has 0 aromatic heterocycles. The van der Waals surface area contributed by atoms with Crippen molar-refractivity contribution in [1.82, 2.24) is 0 Å². The van der Waals surface area contributed by atoms with Crippen LogP contribution in [0.5, 0.6) is 11.5 Å². The highest BCUT2D eigenvalue weighted by Gasteiger charge is 2.32. The van der Waals surface area contributed by atoms with Crippen LogP contribution in [0, 0.1) is 13.8 Å². The second kappa shape index (κ2) is 7.78. The van der Waals surface area contributed by atoms with Crippen LogP contribution in [-0.4, -0.2) is 4.89 Å². The molecule has 0 fully saturated rings. The SMILES string of the molecule is Cc1ccc(OP(=O)(O)Oc2c(S)cc(C)cc2C(C)(C)C)c(C(C)(C)C)c1. The lowest BCUT2D eigenvalue weighted by molar-refractivity contribution is 0.283. The third-order valence-corrected chi connectivity index (χ3v) is 5.56. The molecule has 0 aliphatic carbocycles. The van der Waals surface area contributed by atoms with E-state index in [9.17, 15) is 9.46 Å². The van der Waals surface area contributed by atoms with Gasteiger partial charge >= 0.3 is 7.82 Å². The fourth-order valence-corrected chi connectivity index (χ4v) is 4.29. The molecule has 0 bridgehead atoms. The summed E-state index contributed by atoms with van der Waals surface area (Å²) in [6.45, 7) is 16.1. The van der Waals surface area contributed by atoms with Crippen LogP contribution in [0.3, 0.4) is 0 Å². The third kappa shape index (κ3) is 5.56. The average molecular weight is 423 g/mol. The first kappa shape index (κ1) is 22.9. The maximum Gasteiger partial charge on any atom is 0.584 e. The van der Waals surface area contributed by atoms with Gasteiger partial charge in [0.05, 0.1) is 0 Å². The van der Waals surface area contributed by atoms with Crippen LogP contribution in [0.25, 0.3) is 0 Å². The molecule has 0 heterocycles. The van der Waals surface area contributed by atoms with E-state index in [1.54, 1.807) is 12.1 Å². The van der Waals surface area contributed by atoms with Crippen molar-refractivity contribution < 1.29 is 18.5 Å². The number of benzene rings is 2. The molecule has 1 N–H and O–H groups in total. The van der Waals surface area contributed by atoms with Crippen LogP contribution < -0.4 is 9.05 Å². The van der Waals surface area contributed by atoms with Crippen molar-refractivity contribution in [2.75, 3.05) is 0 Å². The van der Waals surface area contributed by atoms with Gasteiger partial charge in [0.1, 0.15) is 11.5 Å². The number of rotatable bonds is 4. The minimum Gasteiger partial charge on any atom is -0.395 e. The Morgan fingerprint density at radius 1 is 0.857 bits per heavy atom. The molecule has 1 unspecified atom stereocenters. The first-order valence-corrected chi connectivity index (χ1v) is 11.2. The van der Waals surface area contributed by atoms with E-state index >= 15 is 0 Å². The van der Waals surface area contributed by atoms with E-state index in [1.807, 2.05) is 73.6 Å². The van der Waals surface area contributed by atoms with Gasteiger partial charge < -0.3 is 9.05 Å². The topological polar surface area (TPSA) is 55.8 Å². The summed E-state index contributed by atoms with van der Waals surface area (Å²) in [5.41, 5.74) is 3.16. The van der Waals surface area contributed by atoms with Gasteiger partial charge in [-0.05, 0) is 42.4 Å². The van der Waals surface area contributed by atoms with Crippen molar-refractivity contribution in [3.63, 3.8) is 0 Å². The number of hydrogen-bond donors (Lipinski definition) is 2. The van der Waals surface area contributed by atoms with Gasteiger partial charge in [-0.3, -0.25) is 4.89 Å². The van der Waals surface area contributed by atoms with Gasteiger partial charge in [0.25, 0.3) is 0 Å². The molecule has 6 heteroatoms. The zero-order valence-electron chi connectivity index (χ0n) is 18.0. The van der Waals surface area contributed by atoms with E-state index in [4.69, 9.17) is 9.05 Å². The van der Waals surface area contributed by atoms with Crippen LogP contribution in [0.2, 0.25) is 0 Å². The highest BCUT2D eigenvalue weighted by atomic mass is 32.1. The summed E-state index contributed by atoms with van der Waals surface area (Å²) in [5.74, 6) is 0.616. The fourth-order valence-electron chi connectivity index (χ4n) is 2.97. The van der Waals surface area contributed by atoms with E-state index in [1.165, 1.54) is 0 Å². The summed E-state index contributed by atoms with van der Waals surface area (Å²) in [7, 11) is -4.44. The lowest BCUT2D eigenvalue weighted by Crippen LogP contribution is -2.16. The van der Waals surface area contributed by atoms with E-state index in [2.05, 4.69) is 12.6 Å². The zero-order chi connectivity index (χ0) is 21.5. The lowest BCUT2D eigenvalue weighted by Gasteiger charge is -2.27. The Balaban J connectivity index is 2.46. The minimum absolute atomic E-state index is 0.253. The van der Waals surface area contributed by atoms with E-state index in [0.717, 1.165) is 22.3 Å². The van der Waals surface area contributed by atoms with Crippen LogP contribution in [0.15, 0.2) is 35.2 Å². The first-order chi connectivity index (χ1) is 12.6. The molecule has 0 saturated heterocycles. The van der Waals surface area contributed by atoms with E-state index in [-0.39, 0.29) is 16.6 Å². The monoisotopic (exact) mass is 422 g/mol. The molecule has 0 amide bonds. The zero-order valence-corrected chi connectivity index (χ0v) is 19.7. The summed E-state index contributed by atoms with van der Waals surface area (Å²) in [5, 5.41) is 0. The molecule has 154 valence electrons. The normalized spacial score (nSPS) is 14.5. The maximum atomic E-state index is 12.9. The molecule has 28 heavy (non-hydrogen) atoms. The summed E-state index contributed by atoms with van der Waals surface area (Å²) < 4.78 is 24.0. The molecule has 0 aliphatic heterocycles. The molecule has 0 spiro atoms. The Morgan fingerprint density at radius 2 is 1.39 bits per heavy atom. The van der Waals surface area contributed by atoms with Gasteiger partial charge in [0.15, 0.2) is 0 Å².